The lowest BCUT2D eigenvalue weighted by molar-refractivity contribution is 0.407. The normalized spacial score (nSPS) is 12.8. The first-order valence-corrected chi connectivity index (χ1v) is 5.52. The van der Waals surface area contributed by atoms with E-state index in [0.717, 1.165) is 27.1 Å². The van der Waals surface area contributed by atoms with Gasteiger partial charge in [0.1, 0.15) is 5.75 Å². The van der Waals surface area contributed by atoms with Gasteiger partial charge in [0.2, 0.25) is 0 Å². The van der Waals surface area contributed by atoms with E-state index in [1.807, 2.05) is 37.3 Å². The second-order valence-corrected chi connectivity index (χ2v) is 4.31. The van der Waals surface area contributed by atoms with Crippen molar-refractivity contribution in [3.63, 3.8) is 0 Å². The monoisotopic (exact) mass is 235 g/mol. The van der Waals surface area contributed by atoms with Crippen LogP contribution in [0.25, 0.3) is 10.8 Å². The average molecular weight is 236 g/mol. The maximum Gasteiger partial charge on any atom is 0.124 e. The van der Waals surface area contributed by atoms with Crippen molar-refractivity contribution in [2.75, 3.05) is 7.11 Å². The smallest absolute Gasteiger partial charge is 0.124 e. The predicted octanol–water partition coefficient (Wildman–Crippen LogP) is 3.52. The maximum atomic E-state index is 5.96. The van der Waals surface area contributed by atoms with Crippen LogP contribution < -0.4 is 10.5 Å². The minimum atomic E-state index is -0.0571. The molecule has 1 atom stereocenters. The van der Waals surface area contributed by atoms with Crippen molar-refractivity contribution in [2.24, 2.45) is 5.73 Å². The summed E-state index contributed by atoms with van der Waals surface area (Å²) in [6.45, 7) is 1.94. The third-order valence-corrected chi connectivity index (χ3v) is 2.88. The van der Waals surface area contributed by atoms with Crippen LogP contribution in [-0.2, 0) is 0 Å². The molecule has 0 saturated carbocycles. The zero-order chi connectivity index (χ0) is 11.7. The molecule has 2 rings (SSSR count). The average Bonchev–Trinajstić information content (AvgIpc) is 2.27. The van der Waals surface area contributed by atoms with Gasteiger partial charge in [-0.05, 0) is 42.0 Å². The highest BCUT2D eigenvalue weighted by Gasteiger charge is 2.09. The molecule has 0 amide bonds. The van der Waals surface area contributed by atoms with Crippen LogP contribution >= 0.6 is 11.6 Å². The van der Waals surface area contributed by atoms with Crippen LogP contribution in [0.5, 0.6) is 5.75 Å². The van der Waals surface area contributed by atoms with E-state index in [1.54, 1.807) is 7.11 Å². The molecule has 0 aliphatic carbocycles. The maximum absolute atomic E-state index is 5.96. The molecule has 0 radical (unpaired) electrons. The Hall–Kier alpha value is -1.25. The molecule has 0 spiro atoms. The van der Waals surface area contributed by atoms with Crippen molar-refractivity contribution in [3.05, 3.63) is 40.9 Å². The lowest BCUT2D eigenvalue weighted by Gasteiger charge is -2.13. The fourth-order valence-corrected chi connectivity index (χ4v) is 1.98. The van der Waals surface area contributed by atoms with Crippen LogP contribution in [0.3, 0.4) is 0 Å². The van der Waals surface area contributed by atoms with Crippen LogP contribution in [0, 0.1) is 0 Å². The van der Waals surface area contributed by atoms with Gasteiger partial charge in [0, 0.05) is 16.6 Å². The van der Waals surface area contributed by atoms with Crippen molar-refractivity contribution >= 4 is 22.4 Å². The molecule has 84 valence electrons. The summed E-state index contributed by atoms with van der Waals surface area (Å²) in [5.41, 5.74) is 6.90. The number of hydrogen-bond acceptors (Lipinski definition) is 2. The van der Waals surface area contributed by atoms with Crippen LogP contribution in [0.4, 0.5) is 0 Å². The Balaban J connectivity index is 2.70. The van der Waals surface area contributed by atoms with Crippen molar-refractivity contribution in [1.82, 2.24) is 0 Å². The lowest BCUT2D eigenvalue weighted by Crippen LogP contribution is -2.06. The van der Waals surface area contributed by atoms with Crippen molar-refractivity contribution in [1.29, 1.82) is 0 Å². The number of nitrogens with two attached hydrogens (primary N) is 1. The molecule has 2 aromatic rings. The second-order valence-electron chi connectivity index (χ2n) is 3.87. The fourth-order valence-electron chi connectivity index (χ4n) is 1.80. The van der Waals surface area contributed by atoms with Gasteiger partial charge in [-0.2, -0.15) is 0 Å². The molecule has 3 heteroatoms. The van der Waals surface area contributed by atoms with Crippen LogP contribution in [0.15, 0.2) is 30.3 Å². The van der Waals surface area contributed by atoms with E-state index >= 15 is 0 Å². The SMILES string of the molecule is COc1cc2ccc(Cl)cc2cc1C(C)N. The van der Waals surface area contributed by atoms with Gasteiger partial charge in [-0.15, -0.1) is 0 Å². The van der Waals surface area contributed by atoms with Gasteiger partial charge in [-0.25, -0.2) is 0 Å². The molecule has 2 aromatic carbocycles. The van der Waals surface area contributed by atoms with Gasteiger partial charge < -0.3 is 10.5 Å². The highest BCUT2D eigenvalue weighted by molar-refractivity contribution is 6.31. The third-order valence-electron chi connectivity index (χ3n) is 2.64. The van der Waals surface area contributed by atoms with Gasteiger partial charge in [0.25, 0.3) is 0 Å². The van der Waals surface area contributed by atoms with E-state index in [1.165, 1.54) is 0 Å². The first-order chi connectivity index (χ1) is 7.61. The highest BCUT2D eigenvalue weighted by atomic mass is 35.5. The zero-order valence-electron chi connectivity index (χ0n) is 9.33. The second kappa shape index (κ2) is 4.32. The van der Waals surface area contributed by atoms with Gasteiger partial charge in [-0.3, -0.25) is 0 Å². The summed E-state index contributed by atoms with van der Waals surface area (Å²) in [7, 11) is 1.66. The first-order valence-electron chi connectivity index (χ1n) is 5.14. The minimum Gasteiger partial charge on any atom is -0.496 e. The number of fused-ring (bicyclic) bond motifs is 1. The summed E-state index contributed by atoms with van der Waals surface area (Å²) in [5.74, 6) is 0.824. The number of ether oxygens (including phenoxy) is 1. The molecule has 0 saturated heterocycles. The largest absolute Gasteiger partial charge is 0.496 e. The van der Waals surface area contributed by atoms with Gasteiger partial charge in [0.15, 0.2) is 0 Å². The molecule has 1 unspecified atom stereocenters. The molecule has 0 bridgehead atoms. The van der Waals surface area contributed by atoms with Gasteiger partial charge in [0.05, 0.1) is 7.11 Å². The summed E-state index contributed by atoms with van der Waals surface area (Å²) in [6.07, 6.45) is 0. The molecule has 0 aromatic heterocycles. The third kappa shape index (κ3) is 1.99. The Bertz CT molecular complexity index is 523. The van der Waals surface area contributed by atoms with Crippen molar-refractivity contribution < 1.29 is 4.74 Å². The number of halogens is 1. The number of rotatable bonds is 2. The predicted molar refractivity (Wildman–Crippen MR) is 68.1 cm³/mol. The molecule has 0 heterocycles. The van der Waals surface area contributed by atoms with E-state index < -0.39 is 0 Å². The summed E-state index contributed by atoms with van der Waals surface area (Å²) in [5, 5.41) is 2.92. The van der Waals surface area contributed by atoms with Crippen LogP contribution in [-0.4, -0.2) is 7.11 Å². The molecule has 0 aliphatic heterocycles. The Morgan fingerprint density at radius 1 is 1.19 bits per heavy atom. The summed E-state index contributed by atoms with van der Waals surface area (Å²) < 4.78 is 5.33. The molecule has 16 heavy (non-hydrogen) atoms. The van der Waals surface area contributed by atoms with Gasteiger partial charge >= 0.3 is 0 Å². The Morgan fingerprint density at radius 2 is 1.94 bits per heavy atom. The number of methoxy groups -OCH3 is 1. The zero-order valence-corrected chi connectivity index (χ0v) is 10.1. The van der Waals surface area contributed by atoms with Crippen molar-refractivity contribution in [3.8, 4) is 5.75 Å². The quantitative estimate of drug-likeness (QED) is 0.865. The van der Waals surface area contributed by atoms with E-state index in [0.29, 0.717) is 0 Å². The van der Waals surface area contributed by atoms with E-state index in [-0.39, 0.29) is 6.04 Å². The summed E-state index contributed by atoms with van der Waals surface area (Å²) >= 11 is 5.96. The van der Waals surface area contributed by atoms with Crippen molar-refractivity contribution in [2.45, 2.75) is 13.0 Å². The molecule has 2 nitrogen and oxygen atoms in total. The Kier molecular flexibility index (Phi) is 3.03. The minimum absolute atomic E-state index is 0.0571. The van der Waals surface area contributed by atoms with Gasteiger partial charge in [-0.1, -0.05) is 17.7 Å². The number of benzene rings is 2. The molecule has 2 N–H and O–H groups in total. The number of hydrogen-bond donors (Lipinski definition) is 1. The van der Waals surface area contributed by atoms with Crippen LogP contribution in [0.2, 0.25) is 5.02 Å². The molecule has 0 fully saturated rings. The standard InChI is InChI=1S/C13H14ClNO/c1-8(15)12-6-10-5-11(14)4-3-9(10)7-13(12)16-2/h3-8H,15H2,1-2H3. The van der Waals surface area contributed by atoms with E-state index in [2.05, 4.69) is 0 Å². The topological polar surface area (TPSA) is 35.2 Å². The molecular formula is C13H14ClNO. The fraction of sp³-hybridized carbons (Fsp3) is 0.231. The molecular weight excluding hydrogens is 222 g/mol. The van der Waals surface area contributed by atoms with E-state index in [4.69, 9.17) is 22.1 Å². The lowest BCUT2D eigenvalue weighted by atomic mass is 10.0. The molecule has 0 aliphatic rings. The summed E-state index contributed by atoms with van der Waals surface area (Å²) in [6, 6.07) is 9.75. The Labute approximate surface area is 100.0 Å². The first kappa shape index (κ1) is 11.2. The Morgan fingerprint density at radius 3 is 2.56 bits per heavy atom. The highest BCUT2D eigenvalue weighted by Crippen LogP contribution is 2.30. The van der Waals surface area contributed by atoms with Crippen LogP contribution in [0.1, 0.15) is 18.5 Å². The van der Waals surface area contributed by atoms with E-state index in [9.17, 15) is 0 Å². The summed E-state index contributed by atoms with van der Waals surface area (Å²) in [4.78, 5) is 0.